The summed E-state index contributed by atoms with van der Waals surface area (Å²) in [6.07, 6.45) is 3.62. The van der Waals surface area contributed by atoms with E-state index in [1.165, 1.54) is 12.8 Å². The number of allylic oxidation sites excluding steroid dienone is 1. The fraction of sp³-hybridized carbons (Fsp3) is 0.750. The Morgan fingerprint density at radius 3 is 2.36 bits per heavy atom. The number of nitrogens with one attached hydrogen (secondary N) is 1. The van der Waals surface area contributed by atoms with Gasteiger partial charge in [0.25, 0.3) is 0 Å². The van der Waals surface area contributed by atoms with Crippen LogP contribution in [0.3, 0.4) is 0 Å². The second-order valence-corrected chi connectivity index (χ2v) is 4.58. The molecule has 0 aromatic rings. The molecule has 0 aromatic heterocycles. The molecule has 0 amide bonds. The van der Waals surface area contributed by atoms with E-state index in [4.69, 9.17) is 0 Å². The molecule has 2 nitrogen and oxygen atoms in total. The maximum atomic E-state index is 4.32. The molecule has 0 aliphatic carbocycles. The molecule has 0 atom stereocenters. The Morgan fingerprint density at radius 1 is 1.36 bits per heavy atom. The minimum Gasteiger partial charge on any atom is -0.304 e. The van der Waals surface area contributed by atoms with E-state index in [0.717, 1.165) is 17.7 Å². The van der Waals surface area contributed by atoms with Crippen LogP contribution in [-0.4, -0.2) is 11.3 Å². The maximum Gasteiger partial charge on any atom is 0.0595 e. The molecule has 0 aromatic carbocycles. The molecule has 0 bridgehead atoms. The van der Waals surface area contributed by atoms with Gasteiger partial charge in [-0.25, -0.2) is 0 Å². The van der Waals surface area contributed by atoms with Crippen molar-refractivity contribution in [2.24, 2.45) is 5.10 Å². The first-order chi connectivity index (χ1) is 6.39. The van der Waals surface area contributed by atoms with Crippen LogP contribution in [0.1, 0.15) is 53.9 Å². The predicted octanol–water partition coefficient (Wildman–Crippen LogP) is 3.50. The van der Waals surface area contributed by atoms with Crippen LogP contribution >= 0.6 is 0 Å². The van der Waals surface area contributed by atoms with E-state index in [9.17, 15) is 0 Å². The summed E-state index contributed by atoms with van der Waals surface area (Å²) < 4.78 is 0. The second kappa shape index (κ2) is 5.84. The second-order valence-electron chi connectivity index (χ2n) is 4.58. The minimum atomic E-state index is 0.0900. The van der Waals surface area contributed by atoms with Gasteiger partial charge in [-0.15, -0.1) is 0 Å². The standard InChI is InChI=1S/C12H24N2/c1-7-8-9-12(5,6)14-13-11(4)10(2)3/h14H,2,7-9H2,1,3-6H3. The highest BCUT2D eigenvalue weighted by Gasteiger charge is 2.15. The van der Waals surface area contributed by atoms with Gasteiger partial charge in [0.15, 0.2) is 0 Å². The third kappa shape index (κ3) is 5.79. The highest BCUT2D eigenvalue weighted by atomic mass is 15.3. The zero-order valence-corrected chi connectivity index (χ0v) is 10.3. The minimum absolute atomic E-state index is 0.0900. The van der Waals surface area contributed by atoms with Crippen LogP contribution in [0, 0.1) is 0 Å². The topological polar surface area (TPSA) is 24.4 Å². The first kappa shape index (κ1) is 13.2. The lowest BCUT2D eigenvalue weighted by Crippen LogP contribution is -2.36. The van der Waals surface area contributed by atoms with Gasteiger partial charge >= 0.3 is 0 Å². The summed E-state index contributed by atoms with van der Waals surface area (Å²) in [5.41, 5.74) is 5.29. The van der Waals surface area contributed by atoms with Gasteiger partial charge in [-0.2, -0.15) is 5.10 Å². The lowest BCUT2D eigenvalue weighted by atomic mass is 9.99. The van der Waals surface area contributed by atoms with Crippen LogP contribution in [-0.2, 0) is 0 Å². The molecule has 0 unspecified atom stereocenters. The molecule has 0 aliphatic rings. The summed E-state index contributed by atoms with van der Waals surface area (Å²) in [7, 11) is 0. The Labute approximate surface area is 88.5 Å². The first-order valence-corrected chi connectivity index (χ1v) is 5.36. The molecule has 0 saturated carbocycles. The van der Waals surface area contributed by atoms with Gasteiger partial charge in [0, 0.05) is 5.54 Å². The fourth-order valence-corrected chi connectivity index (χ4v) is 1.01. The number of hydrogen-bond acceptors (Lipinski definition) is 2. The predicted molar refractivity (Wildman–Crippen MR) is 64.7 cm³/mol. The molecule has 0 fully saturated rings. The van der Waals surface area contributed by atoms with E-state index in [1.807, 2.05) is 13.8 Å². The van der Waals surface area contributed by atoms with Crippen LogP contribution in [0.4, 0.5) is 0 Å². The molecule has 0 spiro atoms. The van der Waals surface area contributed by atoms with E-state index in [2.05, 4.69) is 37.9 Å². The summed E-state index contributed by atoms with van der Waals surface area (Å²) in [6, 6.07) is 0. The molecule has 2 heteroatoms. The molecule has 0 heterocycles. The van der Waals surface area contributed by atoms with Gasteiger partial charge in [-0.05, 0) is 39.7 Å². The zero-order valence-electron chi connectivity index (χ0n) is 10.3. The van der Waals surface area contributed by atoms with Gasteiger partial charge < -0.3 is 5.43 Å². The summed E-state index contributed by atoms with van der Waals surface area (Å²) in [5.74, 6) is 0. The molecule has 0 aliphatic heterocycles. The van der Waals surface area contributed by atoms with Crippen molar-refractivity contribution < 1.29 is 0 Å². The number of unbranched alkanes of at least 4 members (excludes halogenated alkanes) is 1. The quantitative estimate of drug-likeness (QED) is 0.510. The highest BCUT2D eigenvalue weighted by Crippen LogP contribution is 2.12. The van der Waals surface area contributed by atoms with Crippen LogP contribution < -0.4 is 5.43 Å². The van der Waals surface area contributed by atoms with E-state index < -0.39 is 0 Å². The molecule has 14 heavy (non-hydrogen) atoms. The molecular formula is C12H24N2. The molecule has 0 rings (SSSR count). The van der Waals surface area contributed by atoms with E-state index in [0.29, 0.717) is 0 Å². The average molecular weight is 196 g/mol. The Kier molecular flexibility index (Phi) is 5.51. The Bertz CT molecular complexity index is 214. The van der Waals surface area contributed by atoms with Crippen LogP contribution in [0.2, 0.25) is 0 Å². The molecule has 1 N–H and O–H groups in total. The normalized spacial score (nSPS) is 12.8. The van der Waals surface area contributed by atoms with Crippen LogP contribution in [0.25, 0.3) is 0 Å². The molecule has 0 radical (unpaired) electrons. The maximum absolute atomic E-state index is 4.32. The number of rotatable bonds is 6. The average Bonchev–Trinajstić information content (AvgIpc) is 2.11. The Hall–Kier alpha value is -0.790. The summed E-state index contributed by atoms with van der Waals surface area (Å²) >= 11 is 0. The number of nitrogens with zero attached hydrogens (tertiary/aromatic N) is 1. The molecule has 82 valence electrons. The van der Waals surface area contributed by atoms with E-state index in [-0.39, 0.29) is 5.54 Å². The number of hydrazone groups is 1. The smallest absolute Gasteiger partial charge is 0.0595 e. The number of hydrogen-bond donors (Lipinski definition) is 1. The van der Waals surface area contributed by atoms with Crippen molar-refractivity contribution in [2.75, 3.05) is 0 Å². The largest absolute Gasteiger partial charge is 0.304 e. The van der Waals surface area contributed by atoms with Crippen molar-refractivity contribution in [3.8, 4) is 0 Å². The van der Waals surface area contributed by atoms with E-state index in [1.54, 1.807) is 0 Å². The van der Waals surface area contributed by atoms with Crippen LogP contribution in [0.5, 0.6) is 0 Å². The zero-order chi connectivity index (χ0) is 11.2. The summed E-state index contributed by atoms with van der Waals surface area (Å²) in [4.78, 5) is 0. The fourth-order valence-electron chi connectivity index (χ4n) is 1.01. The van der Waals surface area contributed by atoms with Gasteiger partial charge in [-0.3, -0.25) is 0 Å². The molecule has 0 saturated heterocycles. The lowest BCUT2D eigenvalue weighted by Gasteiger charge is -2.24. The van der Waals surface area contributed by atoms with E-state index >= 15 is 0 Å². The third-order valence-corrected chi connectivity index (χ3v) is 2.30. The van der Waals surface area contributed by atoms with Crippen molar-refractivity contribution in [1.29, 1.82) is 0 Å². The van der Waals surface area contributed by atoms with Crippen molar-refractivity contribution in [3.63, 3.8) is 0 Å². The first-order valence-electron chi connectivity index (χ1n) is 5.36. The van der Waals surface area contributed by atoms with Gasteiger partial charge in [0.05, 0.1) is 5.71 Å². The highest BCUT2D eigenvalue weighted by molar-refractivity contribution is 5.96. The van der Waals surface area contributed by atoms with Crippen molar-refractivity contribution in [3.05, 3.63) is 12.2 Å². The molecular weight excluding hydrogens is 172 g/mol. The van der Waals surface area contributed by atoms with Crippen molar-refractivity contribution in [1.82, 2.24) is 5.43 Å². The SMILES string of the molecule is C=C(C)C(C)=NNC(C)(C)CCCC. The summed E-state index contributed by atoms with van der Waals surface area (Å²) in [5, 5.41) is 4.32. The Balaban J connectivity index is 4.09. The van der Waals surface area contributed by atoms with Gasteiger partial charge in [0.2, 0.25) is 0 Å². The van der Waals surface area contributed by atoms with Crippen molar-refractivity contribution in [2.45, 2.75) is 59.4 Å². The van der Waals surface area contributed by atoms with Gasteiger partial charge in [0.1, 0.15) is 0 Å². The summed E-state index contributed by atoms with van der Waals surface area (Å²) in [6.45, 7) is 14.4. The Morgan fingerprint density at radius 2 is 1.93 bits per heavy atom. The van der Waals surface area contributed by atoms with Gasteiger partial charge in [-0.1, -0.05) is 26.3 Å². The van der Waals surface area contributed by atoms with Crippen molar-refractivity contribution >= 4 is 5.71 Å². The lowest BCUT2D eigenvalue weighted by molar-refractivity contribution is 0.361. The monoisotopic (exact) mass is 196 g/mol. The van der Waals surface area contributed by atoms with Crippen LogP contribution in [0.15, 0.2) is 17.3 Å². The third-order valence-electron chi connectivity index (χ3n) is 2.30.